The Morgan fingerprint density at radius 2 is 1.92 bits per heavy atom. The van der Waals surface area contributed by atoms with Crippen molar-refractivity contribution in [2.24, 2.45) is 5.92 Å². The molecule has 2 amide bonds. The monoisotopic (exact) mass is 344 g/mol. The predicted molar refractivity (Wildman–Crippen MR) is 97.6 cm³/mol. The summed E-state index contributed by atoms with van der Waals surface area (Å²) in [6.45, 7) is 3.31. The summed E-state index contributed by atoms with van der Waals surface area (Å²) in [6.07, 6.45) is 7.11. The molecule has 1 atom stereocenters. The first-order valence-corrected chi connectivity index (χ1v) is 9.50. The van der Waals surface area contributed by atoms with Crippen molar-refractivity contribution in [3.8, 4) is 5.75 Å². The molecule has 1 N–H and O–H groups in total. The number of nitrogens with one attached hydrogen (secondary N) is 1. The number of amides is 2. The van der Waals surface area contributed by atoms with Crippen LogP contribution in [-0.2, 0) is 9.59 Å². The molecule has 0 radical (unpaired) electrons. The van der Waals surface area contributed by atoms with E-state index in [1.165, 1.54) is 19.3 Å². The van der Waals surface area contributed by atoms with Crippen LogP contribution in [-0.4, -0.2) is 35.9 Å². The van der Waals surface area contributed by atoms with Crippen molar-refractivity contribution in [2.45, 2.75) is 57.9 Å². The molecule has 1 heterocycles. The van der Waals surface area contributed by atoms with Crippen LogP contribution in [0.1, 0.15) is 51.9 Å². The van der Waals surface area contributed by atoms with Crippen LogP contribution in [0.25, 0.3) is 0 Å². The van der Waals surface area contributed by atoms with Gasteiger partial charge in [-0.1, -0.05) is 26.2 Å². The van der Waals surface area contributed by atoms with Crippen LogP contribution >= 0.6 is 0 Å². The minimum absolute atomic E-state index is 0.0612. The molecule has 5 nitrogen and oxygen atoms in total. The number of benzene rings is 1. The number of likely N-dealkylation sites (tertiary alicyclic amines) is 1. The maximum absolute atomic E-state index is 12.5. The molecule has 1 aliphatic heterocycles. The Hall–Kier alpha value is -2.04. The molecule has 136 valence electrons. The zero-order chi connectivity index (χ0) is 17.6. The van der Waals surface area contributed by atoms with Gasteiger partial charge in [0.2, 0.25) is 11.8 Å². The van der Waals surface area contributed by atoms with Gasteiger partial charge in [-0.25, -0.2) is 0 Å². The van der Waals surface area contributed by atoms with Crippen molar-refractivity contribution in [3.63, 3.8) is 0 Å². The summed E-state index contributed by atoms with van der Waals surface area (Å²) in [5.41, 5.74) is 0.748. The second-order valence-corrected chi connectivity index (χ2v) is 7.10. The van der Waals surface area contributed by atoms with Crippen molar-refractivity contribution in [2.75, 3.05) is 18.5 Å². The third-order valence-electron chi connectivity index (χ3n) is 5.14. The second-order valence-electron chi connectivity index (χ2n) is 7.10. The molecule has 25 heavy (non-hydrogen) atoms. The lowest BCUT2D eigenvalue weighted by Gasteiger charge is -2.31. The van der Waals surface area contributed by atoms with Crippen molar-refractivity contribution < 1.29 is 14.3 Å². The van der Waals surface area contributed by atoms with Crippen molar-refractivity contribution in [1.29, 1.82) is 0 Å². The molecular weight excluding hydrogens is 316 g/mol. The molecule has 1 aliphatic carbocycles. The lowest BCUT2D eigenvalue weighted by atomic mass is 9.94. The van der Waals surface area contributed by atoms with Gasteiger partial charge in [-0.3, -0.25) is 9.59 Å². The third kappa shape index (κ3) is 4.53. The van der Waals surface area contributed by atoms with Gasteiger partial charge < -0.3 is 15.0 Å². The Balaban J connectivity index is 1.53. The molecule has 1 saturated carbocycles. The summed E-state index contributed by atoms with van der Waals surface area (Å²) < 4.78 is 5.55. The number of rotatable bonds is 6. The number of nitrogens with zero attached hydrogens (tertiary/aromatic N) is 1. The summed E-state index contributed by atoms with van der Waals surface area (Å²) in [5.74, 6) is 0.633. The van der Waals surface area contributed by atoms with Crippen LogP contribution in [0.5, 0.6) is 5.75 Å². The summed E-state index contributed by atoms with van der Waals surface area (Å²) in [7, 11) is 0. The number of anilines is 1. The molecule has 0 spiro atoms. The average molecular weight is 344 g/mol. The van der Waals surface area contributed by atoms with E-state index < -0.39 is 0 Å². The summed E-state index contributed by atoms with van der Waals surface area (Å²) in [6, 6.07) is 7.75. The maximum Gasteiger partial charge on any atom is 0.229 e. The quantitative estimate of drug-likeness (QED) is 0.858. The summed E-state index contributed by atoms with van der Waals surface area (Å²) in [4.78, 5) is 26.8. The molecule has 5 heteroatoms. The molecule has 1 aromatic rings. The minimum Gasteiger partial charge on any atom is -0.494 e. The molecule has 2 fully saturated rings. The van der Waals surface area contributed by atoms with E-state index >= 15 is 0 Å². The average Bonchev–Trinajstić information content (AvgIpc) is 3.04. The zero-order valence-electron chi connectivity index (χ0n) is 15.0. The van der Waals surface area contributed by atoms with Gasteiger partial charge in [-0.05, 0) is 43.5 Å². The van der Waals surface area contributed by atoms with Crippen LogP contribution in [0, 0.1) is 5.92 Å². The number of ether oxygens (including phenoxy) is 1. The van der Waals surface area contributed by atoms with E-state index in [1.807, 2.05) is 29.2 Å². The smallest absolute Gasteiger partial charge is 0.229 e. The first-order valence-electron chi connectivity index (χ1n) is 9.50. The molecule has 1 saturated heterocycles. The van der Waals surface area contributed by atoms with Crippen molar-refractivity contribution >= 4 is 17.5 Å². The number of carbonyl (C=O) groups is 2. The number of hydrogen-bond acceptors (Lipinski definition) is 3. The van der Waals surface area contributed by atoms with Crippen LogP contribution < -0.4 is 10.1 Å². The lowest BCUT2D eigenvalue weighted by Crippen LogP contribution is -2.38. The fourth-order valence-electron chi connectivity index (χ4n) is 3.75. The summed E-state index contributed by atoms with van der Waals surface area (Å²) >= 11 is 0. The fraction of sp³-hybridized carbons (Fsp3) is 0.600. The molecular formula is C20H28N2O3. The van der Waals surface area contributed by atoms with Gasteiger partial charge in [0.05, 0.1) is 12.5 Å². The van der Waals surface area contributed by atoms with Crippen LogP contribution in [0.2, 0.25) is 0 Å². The highest BCUT2D eigenvalue weighted by Crippen LogP contribution is 2.29. The van der Waals surface area contributed by atoms with Gasteiger partial charge >= 0.3 is 0 Å². The molecule has 0 unspecified atom stereocenters. The van der Waals surface area contributed by atoms with Crippen molar-refractivity contribution in [1.82, 2.24) is 4.90 Å². The Bertz CT molecular complexity index is 593. The standard InChI is InChI=1S/C20H28N2O3/c1-2-12-25-18-10-8-16(9-11-18)21-20(24)15-13-19(23)22(14-15)17-6-4-3-5-7-17/h8-11,15,17H,2-7,12-14H2,1H3,(H,21,24)/t15-/m1/s1. The Morgan fingerprint density at radius 3 is 2.60 bits per heavy atom. The van der Waals surface area contributed by atoms with Gasteiger partial charge in [-0.2, -0.15) is 0 Å². The molecule has 3 rings (SSSR count). The van der Waals surface area contributed by atoms with E-state index in [1.54, 1.807) is 0 Å². The first-order chi connectivity index (χ1) is 12.2. The zero-order valence-corrected chi connectivity index (χ0v) is 15.0. The maximum atomic E-state index is 12.5. The van der Waals surface area contributed by atoms with E-state index in [-0.39, 0.29) is 17.7 Å². The van der Waals surface area contributed by atoms with E-state index in [2.05, 4.69) is 12.2 Å². The van der Waals surface area contributed by atoms with E-state index in [9.17, 15) is 9.59 Å². The highest BCUT2D eigenvalue weighted by molar-refractivity contribution is 5.97. The Morgan fingerprint density at radius 1 is 1.20 bits per heavy atom. The fourth-order valence-corrected chi connectivity index (χ4v) is 3.75. The van der Waals surface area contributed by atoms with Gasteiger partial charge in [0, 0.05) is 24.7 Å². The molecule has 2 aliphatic rings. The highest BCUT2D eigenvalue weighted by atomic mass is 16.5. The number of hydrogen-bond donors (Lipinski definition) is 1. The van der Waals surface area contributed by atoms with E-state index in [4.69, 9.17) is 4.74 Å². The Kier molecular flexibility index (Phi) is 5.95. The van der Waals surface area contributed by atoms with E-state index in [0.717, 1.165) is 30.7 Å². The van der Waals surface area contributed by atoms with Crippen LogP contribution in [0.3, 0.4) is 0 Å². The first kappa shape index (κ1) is 17.8. The SMILES string of the molecule is CCCOc1ccc(NC(=O)[C@@H]2CC(=O)N(C3CCCCC3)C2)cc1. The largest absolute Gasteiger partial charge is 0.494 e. The summed E-state index contributed by atoms with van der Waals surface area (Å²) in [5, 5.41) is 2.94. The van der Waals surface area contributed by atoms with Gasteiger partial charge in [-0.15, -0.1) is 0 Å². The normalized spacial score (nSPS) is 21.4. The highest BCUT2D eigenvalue weighted by Gasteiger charge is 2.38. The molecule has 0 bridgehead atoms. The van der Waals surface area contributed by atoms with Gasteiger partial charge in [0.1, 0.15) is 5.75 Å². The van der Waals surface area contributed by atoms with E-state index in [0.29, 0.717) is 25.6 Å². The van der Waals surface area contributed by atoms with Crippen molar-refractivity contribution in [3.05, 3.63) is 24.3 Å². The third-order valence-corrected chi connectivity index (χ3v) is 5.14. The minimum atomic E-state index is -0.245. The molecule has 1 aromatic carbocycles. The Labute approximate surface area is 149 Å². The van der Waals surface area contributed by atoms with Gasteiger partial charge in [0.25, 0.3) is 0 Å². The second kappa shape index (κ2) is 8.37. The van der Waals surface area contributed by atoms with Gasteiger partial charge in [0.15, 0.2) is 0 Å². The molecule has 0 aromatic heterocycles. The lowest BCUT2D eigenvalue weighted by molar-refractivity contribution is -0.130. The van der Waals surface area contributed by atoms with Crippen LogP contribution in [0.4, 0.5) is 5.69 Å². The topological polar surface area (TPSA) is 58.6 Å². The number of carbonyl (C=O) groups excluding carboxylic acids is 2. The van der Waals surface area contributed by atoms with Crippen LogP contribution in [0.15, 0.2) is 24.3 Å². The predicted octanol–water partition coefficient (Wildman–Crippen LogP) is 3.60.